The SMILES string of the molecule is CC(C)(C)c1cc2ccc3ccc(-c4ccc5c(ccc6c7ccc(-c8ccc9ccccc9c8)cc7ccc56)c4)c4ccc(c1)c2c34. The molecule has 0 bridgehead atoms. The van der Waals surface area contributed by atoms with Gasteiger partial charge in [-0.1, -0.05) is 154 Å². The van der Waals surface area contributed by atoms with Crippen LogP contribution in [0.25, 0.3) is 97.7 Å². The average Bonchev–Trinajstić information content (AvgIpc) is 3.12. The molecule has 0 heteroatoms. The third-order valence-corrected chi connectivity index (χ3v) is 10.7. The van der Waals surface area contributed by atoms with Gasteiger partial charge in [0.15, 0.2) is 0 Å². The molecule has 0 unspecified atom stereocenters. The van der Waals surface area contributed by atoms with Crippen molar-refractivity contribution in [1.29, 1.82) is 0 Å². The lowest BCUT2D eigenvalue weighted by Gasteiger charge is -2.22. The number of hydrogen-bond donors (Lipinski definition) is 0. The van der Waals surface area contributed by atoms with E-state index in [9.17, 15) is 0 Å². The second-order valence-corrected chi connectivity index (χ2v) is 14.6. The van der Waals surface area contributed by atoms with Crippen molar-refractivity contribution < 1.29 is 0 Å². The first-order chi connectivity index (χ1) is 23.4. The smallest absolute Gasteiger partial charge is 0.00206 e. The molecule has 0 N–H and O–H groups in total. The summed E-state index contributed by atoms with van der Waals surface area (Å²) in [4.78, 5) is 0. The highest BCUT2D eigenvalue weighted by molar-refractivity contribution is 6.26. The third-order valence-electron chi connectivity index (χ3n) is 10.7. The third kappa shape index (κ3) is 4.09. The zero-order valence-corrected chi connectivity index (χ0v) is 27.4. The van der Waals surface area contributed by atoms with Gasteiger partial charge in [0.25, 0.3) is 0 Å². The molecular formula is C48H34. The maximum atomic E-state index is 2.39. The summed E-state index contributed by atoms with van der Waals surface area (Å²) < 4.78 is 0. The molecule has 10 aromatic carbocycles. The standard InChI is InChI=1S/C48H34/c1-48(2,3)39-27-37-11-9-30-12-18-42(45-23-17-38(28-39)46(37)47(30)45)36-14-20-41-35(26-36)16-22-43-40-19-13-33(25-34(40)15-21-44(41)43)32-10-8-29-6-4-5-7-31(29)24-32/h4-28H,1-3H3. The Morgan fingerprint density at radius 3 is 1.50 bits per heavy atom. The van der Waals surface area contributed by atoms with Gasteiger partial charge in [-0.3, -0.25) is 0 Å². The zero-order valence-electron chi connectivity index (χ0n) is 27.4. The summed E-state index contributed by atoms with van der Waals surface area (Å²) in [5.41, 5.74) is 6.55. The minimum atomic E-state index is 0.109. The number of fused-ring (bicyclic) bond motifs is 6. The Morgan fingerprint density at radius 1 is 0.312 bits per heavy atom. The topological polar surface area (TPSA) is 0 Å². The number of rotatable bonds is 2. The largest absolute Gasteiger partial charge is 0.0616 e. The van der Waals surface area contributed by atoms with Crippen LogP contribution >= 0.6 is 0 Å². The molecule has 0 aliphatic carbocycles. The summed E-state index contributed by atoms with van der Waals surface area (Å²) in [5.74, 6) is 0. The van der Waals surface area contributed by atoms with Crippen molar-refractivity contribution in [2.75, 3.05) is 0 Å². The van der Waals surface area contributed by atoms with Gasteiger partial charge in [-0.05, 0) is 127 Å². The van der Waals surface area contributed by atoms with Crippen molar-refractivity contribution in [2.24, 2.45) is 0 Å². The zero-order chi connectivity index (χ0) is 32.1. The van der Waals surface area contributed by atoms with Gasteiger partial charge in [0, 0.05) is 0 Å². The van der Waals surface area contributed by atoms with Gasteiger partial charge < -0.3 is 0 Å². The Hall–Kier alpha value is -5.72. The molecule has 10 aromatic rings. The lowest BCUT2D eigenvalue weighted by Crippen LogP contribution is -2.10. The van der Waals surface area contributed by atoms with Crippen molar-refractivity contribution in [3.8, 4) is 22.3 Å². The molecule has 226 valence electrons. The second kappa shape index (κ2) is 9.89. The fourth-order valence-electron chi connectivity index (χ4n) is 8.11. The Kier molecular flexibility index (Phi) is 5.65. The fourth-order valence-corrected chi connectivity index (χ4v) is 8.11. The van der Waals surface area contributed by atoms with E-state index in [1.807, 2.05) is 0 Å². The summed E-state index contributed by atoms with van der Waals surface area (Å²) in [6, 6.07) is 57.2. The quantitative estimate of drug-likeness (QED) is 0.171. The predicted molar refractivity (Wildman–Crippen MR) is 210 cm³/mol. The lowest BCUT2D eigenvalue weighted by molar-refractivity contribution is 0.591. The monoisotopic (exact) mass is 610 g/mol. The van der Waals surface area contributed by atoms with Crippen molar-refractivity contribution in [3.63, 3.8) is 0 Å². The molecule has 0 aliphatic rings. The average molecular weight is 611 g/mol. The normalized spacial score (nSPS) is 12.5. The first-order valence-electron chi connectivity index (χ1n) is 17.0. The van der Waals surface area contributed by atoms with Crippen LogP contribution in [0.1, 0.15) is 26.3 Å². The van der Waals surface area contributed by atoms with Gasteiger partial charge in [0.05, 0.1) is 0 Å². The molecule has 0 aromatic heterocycles. The van der Waals surface area contributed by atoms with Gasteiger partial charge >= 0.3 is 0 Å². The van der Waals surface area contributed by atoms with E-state index in [0.717, 1.165) is 0 Å². The molecule has 0 atom stereocenters. The van der Waals surface area contributed by atoms with E-state index in [4.69, 9.17) is 0 Å². The van der Waals surface area contributed by atoms with Crippen LogP contribution in [-0.2, 0) is 5.41 Å². The van der Waals surface area contributed by atoms with Crippen LogP contribution in [0.2, 0.25) is 0 Å². The van der Waals surface area contributed by atoms with Crippen LogP contribution in [0.3, 0.4) is 0 Å². The number of hydrogen-bond acceptors (Lipinski definition) is 0. The maximum absolute atomic E-state index is 2.39. The first-order valence-corrected chi connectivity index (χ1v) is 17.0. The van der Waals surface area contributed by atoms with Gasteiger partial charge in [-0.25, -0.2) is 0 Å². The highest BCUT2D eigenvalue weighted by Crippen LogP contribution is 2.42. The molecular weight excluding hydrogens is 577 g/mol. The van der Waals surface area contributed by atoms with E-state index in [2.05, 4.69) is 172 Å². The molecule has 0 fully saturated rings. The molecule has 0 spiro atoms. The molecule has 0 nitrogen and oxygen atoms in total. The number of benzene rings is 10. The van der Waals surface area contributed by atoms with Crippen molar-refractivity contribution >= 4 is 75.4 Å². The van der Waals surface area contributed by atoms with Crippen LogP contribution in [-0.4, -0.2) is 0 Å². The summed E-state index contributed by atoms with van der Waals surface area (Å²) >= 11 is 0. The molecule has 0 aliphatic heterocycles. The summed E-state index contributed by atoms with van der Waals surface area (Å²) in [6.45, 7) is 6.89. The van der Waals surface area contributed by atoms with Gasteiger partial charge in [0.2, 0.25) is 0 Å². The molecule has 0 saturated heterocycles. The minimum absolute atomic E-state index is 0.109. The first kappa shape index (κ1) is 27.4. The molecule has 48 heavy (non-hydrogen) atoms. The van der Waals surface area contributed by atoms with Crippen LogP contribution < -0.4 is 0 Å². The van der Waals surface area contributed by atoms with Crippen LogP contribution in [0.15, 0.2) is 152 Å². The van der Waals surface area contributed by atoms with Crippen LogP contribution in [0, 0.1) is 0 Å². The van der Waals surface area contributed by atoms with E-state index in [1.54, 1.807) is 0 Å². The molecule has 0 heterocycles. The predicted octanol–water partition coefficient (Wildman–Crippen LogP) is 13.8. The lowest BCUT2D eigenvalue weighted by atomic mass is 9.82. The van der Waals surface area contributed by atoms with Crippen molar-refractivity contribution in [1.82, 2.24) is 0 Å². The van der Waals surface area contributed by atoms with Gasteiger partial charge in [-0.2, -0.15) is 0 Å². The van der Waals surface area contributed by atoms with Gasteiger partial charge in [0.1, 0.15) is 0 Å². The maximum Gasteiger partial charge on any atom is -0.00206 e. The fraction of sp³-hybridized carbons (Fsp3) is 0.0833. The summed E-state index contributed by atoms with van der Waals surface area (Å²) in [5, 5.41) is 18.3. The Labute approximate surface area is 280 Å². The van der Waals surface area contributed by atoms with E-state index < -0.39 is 0 Å². The molecule has 0 radical (unpaired) electrons. The summed E-state index contributed by atoms with van der Waals surface area (Å²) in [6.07, 6.45) is 0. The van der Waals surface area contributed by atoms with Crippen LogP contribution in [0.5, 0.6) is 0 Å². The highest BCUT2D eigenvalue weighted by atomic mass is 14.2. The Balaban J connectivity index is 1.09. The molecule has 0 amide bonds. The Bertz CT molecular complexity index is 2900. The highest BCUT2D eigenvalue weighted by Gasteiger charge is 2.18. The van der Waals surface area contributed by atoms with Crippen LogP contribution in [0.4, 0.5) is 0 Å². The van der Waals surface area contributed by atoms with E-state index in [1.165, 1.54) is 103 Å². The van der Waals surface area contributed by atoms with E-state index >= 15 is 0 Å². The minimum Gasteiger partial charge on any atom is -0.0616 e. The van der Waals surface area contributed by atoms with E-state index in [-0.39, 0.29) is 5.41 Å². The van der Waals surface area contributed by atoms with E-state index in [0.29, 0.717) is 0 Å². The van der Waals surface area contributed by atoms with Crippen molar-refractivity contribution in [3.05, 3.63) is 157 Å². The molecule has 10 rings (SSSR count). The van der Waals surface area contributed by atoms with Crippen molar-refractivity contribution in [2.45, 2.75) is 26.2 Å². The second-order valence-electron chi connectivity index (χ2n) is 14.6. The molecule has 0 saturated carbocycles. The van der Waals surface area contributed by atoms with Gasteiger partial charge in [-0.15, -0.1) is 0 Å². The Morgan fingerprint density at radius 2 is 0.792 bits per heavy atom. The summed E-state index contributed by atoms with van der Waals surface area (Å²) in [7, 11) is 0.